The summed E-state index contributed by atoms with van der Waals surface area (Å²) in [6.07, 6.45) is -9.53. The Morgan fingerprint density at radius 1 is 0.778 bits per heavy atom. The van der Waals surface area contributed by atoms with Gasteiger partial charge in [-0.1, -0.05) is 37.8 Å². The Bertz CT molecular complexity index is 406. The number of alkyl halides is 6. The second-order valence-electron chi connectivity index (χ2n) is 4.97. The molecule has 0 aliphatic heterocycles. The quantitative estimate of drug-likeness (QED) is 0.534. The third kappa shape index (κ3) is 3.07. The molecule has 0 aliphatic carbocycles. The smallest absolute Gasteiger partial charge is 0.166 e. The van der Waals surface area contributed by atoms with Gasteiger partial charge in [0.15, 0.2) is 0 Å². The molecule has 0 N–H and O–H groups in total. The minimum atomic E-state index is -4.77. The molecule has 1 aromatic rings. The molecule has 1 aromatic carbocycles. The van der Waals surface area contributed by atoms with Crippen LogP contribution in [-0.2, 0) is 12.4 Å². The van der Waals surface area contributed by atoms with Crippen molar-refractivity contribution in [1.82, 2.24) is 0 Å². The van der Waals surface area contributed by atoms with E-state index in [4.69, 9.17) is 0 Å². The summed E-state index contributed by atoms with van der Waals surface area (Å²) in [5, 5.41) is -0.579. The lowest BCUT2D eigenvalue weighted by Gasteiger charge is -2.26. The van der Waals surface area contributed by atoms with E-state index >= 15 is 0 Å². The van der Waals surface area contributed by atoms with E-state index in [0.717, 1.165) is 6.07 Å². The normalized spacial score (nSPS) is 13.8. The maximum absolute atomic E-state index is 12.8. The van der Waals surface area contributed by atoms with Gasteiger partial charge in [0.2, 0.25) is 0 Å². The molecule has 0 nitrogen and oxygen atoms in total. The minimum absolute atomic E-state index is 0.579. The van der Waals surface area contributed by atoms with Gasteiger partial charge in [-0.25, -0.2) is 0 Å². The summed E-state index contributed by atoms with van der Waals surface area (Å²) in [5.74, 6) is 0. The third-order valence-corrected chi connectivity index (χ3v) is 4.46. The second kappa shape index (κ2) is 4.29. The zero-order valence-electron chi connectivity index (χ0n) is 10.00. The maximum atomic E-state index is 12.8. The number of rotatable bonds is 1. The van der Waals surface area contributed by atoms with Gasteiger partial charge >= 0.3 is 12.4 Å². The Morgan fingerprint density at radius 2 is 1.11 bits per heavy atom. The lowest BCUT2D eigenvalue weighted by Crippen LogP contribution is -2.46. The highest BCUT2D eigenvalue weighted by molar-refractivity contribution is 6.89. The van der Waals surface area contributed by atoms with Crippen LogP contribution in [0.25, 0.3) is 0 Å². The third-order valence-electron chi connectivity index (χ3n) is 2.43. The van der Waals surface area contributed by atoms with E-state index in [1.165, 1.54) is 19.6 Å². The van der Waals surface area contributed by atoms with Gasteiger partial charge in [0, 0.05) is 0 Å². The SMILES string of the molecule is C[Si](C)(C)c1c(C(F)(F)F)cccc1C(F)(F)F. The van der Waals surface area contributed by atoms with Crippen LogP contribution in [0.1, 0.15) is 11.1 Å². The van der Waals surface area contributed by atoms with E-state index in [1.54, 1.807) is 0 Å². The van der Waals surface area contributed by atoms with Crippen LogP contribution in [-0.4, -0.2) is 8.07 Å². The first kappa shape index (κ1) is 15.1. The monoisotopic (exact) mass is 286 g/mol. The van der Waals surface area contributed by atoms with Gasteiger partial charge in [-0.15, -0.1) is 0 Å². The first-order valence-corrected chi connectivity index (χ1v) is 8.63. The second-order valence-corrected chi connectivity index (χ2v) is 9.97. The van der Waals surface area contributed by atoms with Gasteiger partial charge in [-0.05, 0) is 5.19 Å². The number of benzene rings is 1. The first-order chi connectivity index (χ1) is 7.85. The number of halogens is 6. The summed E-state index contributed by atoms with van der Waals surface area (Å²) >= 11 is 0. The van der Waals surface area contributed by atoms with E-state index in [1.807, 2.05) is 0 Å². The average molecular weight is 286 g/mol. The Morgan fingerprint density at radius 3 is 1.33 bits per heavy atom. The molecule has 0 spiro atoms. The van der Waals surface area contributed by atoms with Crippen LogP contribution in [0.2, 0.25) is 19.6 Å². The summed E-state index contributed by atoms with van der Waals surface area (Å²) in [5.41, 5.74) is -2.34. The summed E-state index contributed by atoms with van der Waals surface area (Å²) in [4.78, 5) is 0. The van der Waals surface area contributed by atoms with Crippen LogP contribution in [0.3, 0.4) is 0 Å². The van der Waals surface area contributed by atoms with Gasteiger partial charge in [0.05, 0.1) is 19.2 Å². The van der Waals surface area contributed by atoms with Gasteiger partial charge in [-0.3, -0.25) is 0 Å². The summed E-state index contributed by atoms with van der Waals surface area (Å²) < 4.78 is 76.8. The largest absolute Gasteiger partial charge is 0.416 e. The molecule has 0 atom stereocenters. The fourth-order valence-corrected chi connectivity index (χ4v) is 3.90. The molecule has 1 rings (SSSR count). The van der Waals surface area contributed by atoms with Crippen molar-refractivity contribution in [2.75, 3.05) is 0 Å². The first-order valence-electron chi connectivity index (χ1n) is 5.13. The molecule has 0 radical (unpaired) electrons. The Balaban J connectivity index is 3.68. The van der Waals surface area contributed by atoms with Crippen molar-refractivity contribution >= 4 is 13.3 Å². The molecule has 0 amide bonds. The van der Waals surface area contributed by atoms with E-state index < -0.39 is 36.7 Å². The topological polar surface area (TPSA) is 0 Å². The highest BCUT2D eigenvalue weighted by Gasteiger charge is 2.43. The van der Waals surface area contributed by atoms with Crippen molar-refractivity contribution in [1.29, 1.82) is 0 Å². The van der Waals surface area contributed by atoms with Crippen LogP contribution in [0, 0.1) is 0 Å². The lowest BCUT2D eigenvalue weighted by molar-refractivity contribution is -0.141. The van der Waals surface area contributed by atoms with Gasteiger partial charge in [0.1, 0.15) is 0 Å². The van der Waals surface area contributed by atoms with Crippen molar-refractivity contribution in [2.24, 2.45) is 0 Å². The molecular formula is C11H12F6Si. The van der Waals surface area contributed by atoms with Crippen LogP contribution in [0.5, 0.6) is 0 Å². The molecule has 0 fully saturated rings. The maximum Gasteiger partial charge on any atom is 0.416 e. The zero-order chi connectivity index (χ0) is 14.4. The summed E-state index contributed by atoms with van der Waals surface area (Å²) in [6, 6.07) is 2.22. The number of hydrogen-bond acceptors (Lipinski definition) is 0. The lowest BCUT2D eigenvalue weighted by atomic mass is 10.1. The fourth-order valence-electron chi connectivity index (χ4n) is 1.83. The van der Waals surface area contributed by atoms with Crippen LogP contribution >= 0.6 is 0 Å². The van der Waals surface area contributed by atoms with Gasteiger partial charge in [0.25, 0.3) is 0 Å². The van der Waals surface area contributed by atoms with Crippen molar-refractivity contribution in [3.63, 3.8) is 0 Å². The van der Waals surface area contributed by atoms with E-state index in [0.29, 0.717) is 12.1 Å². The minimum Gasteiger partial charge on any atom is -0.166 e. The molecule has 0 unspecified atom stereocenters. The average Bonchev–Trinajstić information content (AvgIpc) is 2.12. The highest BCUT2D eigenvalue weighted by Crippen LogP contribution is 2.35. The predicted molar refractivity (Wildman–Crippen MR) is 59.4 cm³/mol. The molecular weight excluding hydrogens is 274 g/mol. The Labute approximate surface area is 102 Å². The van der Waals surface area contributed by atoms with Crippen molar-refractivity contribution < 1.29 is 26.3 Å². The van der Waals surface area contributed by atoms with E-state index in [9.17, 15) is 26.3 Å². The van der Waals surface area contributed by atoms with Crippen LogP contribution in [0.4, 0.5) is 26.3 Å². The van der Waals surface area contributed by atoms with Crippen LogP contribution < -0.4 is 5.19 Å². The molecule has 0 aromatic heterocycles. The Hall–Kier alpha value is -0.983. The van der Waals surface area contributed by atoms with E-state index in [2.05, 4.69) is 0 Å². The molecule has 0 bridgehead atoms. The van der Waals surface area contributed by atoms with Crippen molar-refractivity contribution in [2.45, 2.75) is 32.0 Å². The molecule has 0 saturated heterocycles. The standard InChI is InChI=1S/C11H12F6Si/c1-18(2,3)9-7(10(12,13)14)5-4-6-8(9)11(15,16)17/h4-6H,1-3H3. The predicted octanol–water partition coefficient (Wildman–Crippen LogP) is 4.27. The van der Waals surface area contributed by atoms with Crippen molar-refractivity contribution in [3.8, 4) is 0 Å². The molecule has 18 heavy (non-hydrogen) atoms. The van der Waals surface area contributed by atoms with E-state index in [-0.39, 0.29) is 0 Å². The molecule has 0 aliphatic rings. The summed E-state index contributed by atoms with van der Waals surface area (Å²) in [6.45, 7) is 4.40. The molecule has 0 heterocycles. The molecule has 7 heteroatoms. The summed E-state index contributed by atoms with van der Waals surface area (Å²) in [7, 11) is -2.78. The fraction of sp³-hybridized carbons (Fsp3) is 0.455. The number of hydrogen-bond donors (Lipinski definition) is 0. The molecule has 0 saturated carbocycles. The van der Waals surface area contributed by atoms with Gasteiger partial charge in [-0.2, -0.15) is 26.3 Å². The Kier molecular flexibility index (Phi) is 3.59. The van der Waals surface area contributed by atoms with Crippen molar-refractivity contribution in [3.05, 3.63) is 29.3 Å². The molecule has 102 valence electrons. The van der Waals surface area contributed by atoms with Gasteiger partial charge < -0.3 is 0 Å². The van der Waals surface area contributed by atoms with Crippen LogP contribution in [0.15, 0.2) is 18.2 Å². The highest BCUT2D eigenvalue weighted by atomic mass is 28.3. The zero-order valence-corrected chi connectivity index (χ0v) is 11.0.